The average Bonchev–Trinajstić information content (AvgIpc) is 3.21. The number of hydrogen-bond donors (Lipinski definition) is 1. The van der Waals surface area contributed by atoms with E-state index < -0.39 is 0 Å². The third-order valence-electron chi connectivity index (χ3n) is 5.42. The van der Waals surface area contributed by atoms with Crippen molar-refractivity contribution < 1.29 is 14.3 Å². The number of hydrogen-bond acceptors (Lipinski definition) is 3. The van der Waals surface area contributed by atoms with Crippen LogP contribution in [0.1, 0.15) is 39.9 Å². The van der Waals surface area contributed by atoms with Gasteiger partial charge in [-0.15, -0.1) is 0 Å². The first kappa shape index (κ1) is 20.8. The summed E-state index contributed by atoms with van der Waals surface area (Å²) < 4.78 is 6.28. The number of rotatable bonds is 7. The highest BCUT2D eigenvalue weighted by Gasteiger charge is 2.36. The lowest BCUT2D eigenvalue weighted by Gasteiger charge is -2.20. The van der Waals surface area contributed by atoms with Crippen LogP contribution in [0.4, 0.5) is 0 Å². The summed E-state index contributed by atoms with van der Waals surface area (Å²) in [7, 11) is 1.62. The number of ether oxygens (including phenoxy) is 1. The van der Waals surface area contributed by atoms with Gasteiger partial charge in [0.15, 0.2) is 0 Å². The Balaban J connectivity index is 1.81. The van der Waals surface area contributed by atoms with Crippen molar-refractivity contribution >= 4 is 11.8 Å². The van der Waals surface area contributed by atoms with Crippen molar-refractivity contribution in [2.24, 2.45) is 0 Å². The van der Waals surface area contributed by atoms with Crippen molar-refractivity contribution in [2.75, 3.05) is 20.1 Å². The highest BCUT2D eigenvalue weighted by Crippen LogP contribution is 2.31. The number of amides is 2. The van der Waals surface area contributed by atoms with Crippen LogP contribution in [0.3, 0.4) is 0 Å². The smallest absolute Gasteiger partial charge is 0.251 e. The van der Waals surface area contributed by atoms with Crippen LogP contribution in [0, 0.1) is 0 Å². The van der Waals surface area contributed by atoms with Gasteiger partial charge in [0.25, 0.3) is 5.91 Å². The molecule has 2 aromatic rings. The van der Waals surface area contributed by atoms with E-state index in [0.717, 1.165) is 17.5 Å². The van der Waals surface area contributed by atoms with E-state index in [1.54, 1.807) is 18.0 Å². The molecule has 0 aliphatic carbocycles. The summed E-state index contributed by atoms with van der Waals surface area (Å²) in [6.45, 7) is 7.27. The Hall–Kier alpha value is -2.92. The molecule has 0 bridgehead atoms. The monoisotopic (exact) mass is 392 g/mol. The highest BCUT2D eigenvalue weighted by atomic mass is 16.5. The predicted octanol–water partition coefficient (Wildman–Crippen LogP) is 3.31. The van der Waals surface area contributed by atoms with E-state index in [1.165, 1.54) is 11.6 Å². The second-order valence-electron chi connectivity index (χ2n) is 7.28. The van der Waals surface area contributed by atoms with Crippen molar-refractivity contribution in [3.8, 4) is 0 Å². The minimum absolute atomic E-state index is 0.00198. The molecule has 0 aromatic heterocycles. The molecule has 5 nitrogen and oxygen atoms in total. The third-order valence-corrected chi connectivity index (χ3v) is 5.42. The van der Waals surface area contributed by atoms with Crippen molar-refractivity contribution in [1.82, 2.24) is 10.2 Å². The molecule has 0 radical (unpaired) electrons. The van der Waals surface area contributed by atoms with Crippen molar-refractivity contribution in [1.29, 1.82) is 0 Å². The molecular formula is C24H28N2O3. The van der Waals surface area contributed by atoms with Gasteiger partial charge in [0, 0.05) is 31.6 Å². The van der Waals surface area contributed by atoms with Crippen molar-refractivity contribution in [3.05, 3.63) is 83.4 Å². The number of benzene rings is 2. The molecule has 1 saturated heterocycles. The quantitative estimate of drug-likeness (QED) is 0.736. The molecule has 0 saturated carbocycles. The summed E-state index contributed by atoms with van der Waals surface area (Å²) in [5.74, 6) is -0.230. The molecule has 1 N–H and O–H groups in total. The van der Waals surface area contributed by atoms with E-state index >= 15 is 0 Å². The van der Waals surface area contributed by atoms with Gasteiger partial charge in [-0.2, -0.15) is 0 Å². The Labute approximate surface area is 172 Å². The fourth-order valence-corrected chi connectivity index (χ4v) is 3.77. The molecule has 1 aliphatic heterocycles. The van der Waals surface area contributed by atoms with Crippen LogP contribution in [0.25, 0.3) is 0 Å². The number of carbonyl (C=O) groups excluding carboxylic acids is 2. The van der Waals surface area contributed by atoms with Crippen LogP contribution >= 0.6 is 0 Å². The molecule has 2 aromatic carbocycles. The van der Waals surface area contributed by atoms with E-state index in [2.05, 4.69) is 37.0 Å². The average molecular weight is 392 g/mol. The third kappa shape index (κ3) is 4.93. The minimum Gasteiger partial charge on any atom is -0.371 e. The SMILES string of the molecule is C=CC(=O)N1C[C@@H](OCc2cccc(CC)c2)[C@H](c2cccc(C(=O)NC)c2)C1. The lowest BCUT2D eigenvalue weighted by atomic mass is 9.94. The standard InChI is InChI=1S/C24H28N2O3/c1-4-17-8-6-9-18(12-17)16-29-22-15-26(23(27)5-2)14-21(22)19-10-7-11-20(13-19)24(28)25-3/h5-13,21-22H,2,4,14-16H2,1,3H3,(H,25,28)/t21-,22+/m0/s1. The number of carbonyl (C=O) groups is 2. The summed E-state index contributed by atoms with van der Waals surface area (Å²) in [5.41, 5.74) is 4.00. The van der Waals surface area contributed by atoms with Crippen molar-refractivity contribution in [3.63, 3.8) is 0 Å². The van der Waals surface area contributed by atoms with Gasteiger partial charge in [0.1, 0.15) is 0 Å². The zero-order valence-corrected chi connectivity index (χ0v) is 17.1. The first-order valence-electron chi connectivity index (χ1n) is 9.98. The van der Waals surface area contributed by atoms with E-state index in [-0.39, 0.29) is 23.8 Å². The van der Waals surface area contributed by atoms with Crippen LogP contribution < -0.4 is 5.32 Å². The van der Waals surface area contributed by atoms with Gasteiger partial charge in [-0.25, -0.2) is 0 Å². The minimum atomic E-state index is -0.149. The number of nitrogens with zero attached hydrogens (tertiary/aromatic N) is 1. The van der Waals surface area contributed by atoms with Crippen LogP contribution in [0.5, 0.6) is 0 Å². The first-order chi connectivity index (χ1) is 14.0. The Morgan fingerprint density at radius 3 is 2.66 bits per heavy atom. The van der Waals surface area contributed by atoms with Gasteiger partial charge in [-0.3, -0.25) is 9.59 Å². The molecule has 2 atom stereocenters. The molecule has 0 spiro atoms. The summed E-state index contributed by atoms with van der Waals surface area (Å²) >= 11 is 0. The molecule has 0 unspecified atom stereocenters. The van der Waals surface area contributed by atoms with Gasteiger partial charge in [-0.1, -0.05) is 49.9 Å². The second-order valence-corrected chi connectivity index (χ2v) is 7.28. The highest BCUT2D eigenvalue weighted by molar-refractivity contribution is 5.94. The lowest BCUT2D eigenvalue weighted by molar-refractivity contribution is -0.125. The summed E-state index contributed by atoms with van der Waals surface area (Å²) in [6.07, 6.45) is 2.17. The fourth-order valence-electron chi connectivity index (χ4n) is 3.77. The lowest BCUT2D eigenvalue weighted by Crippen LogP contribution is -2.28. The Morgan fingerprint density at radius 2 is 1.93 bits per heavy atom. The van der Waals surface area contributed by atoms with Crippen LogP contribution in [-0.2, 0) is 22.6 Å². The maximum Gasteiger partial charge on any atom is 0.251 e. The Morgan fingerprint density at radius 1 is 1.17 bits per heavy atom. The van der Waals surface area contributed by atoms with Crippen LogP contribution in [0.2, 0.25) is 0 Å². The summed E-state index contributed by atoms with van der Waals surface area (Å²) in [4.78, 5) is 26.0. The van der Waals surface area contributed by atoms with E-state index in [0.29, 0.717) is 25.3 Å². The number of likely N-dealkylation sites (tertiary alicyclic amines) is 1. The topological polar surface area (TPSA) is 58.6 Å². The molecule has 29 heavy (non-hydrogen) atoms. The molecule has 5 heteroatoms. The van der Waals surface area contributed by atoms with Gasteiger partial charge >= 0.3 is 0 Å². The Bertz CT molecular complexity index is 893. The fraction of sp³-hybridized carbons (Fsp3) is 0.333. The zero-order chi connectivity index (χ0) is 20.8. The Kier molecular flexibility index (Phi) is 6.83. The normalized spacial score (nSPS) is 18.5. The van der Waals surface area contributed by atoms with Gasteiger partial charge < -0.3 is 15.0 Å². The zero-order valence-electron chi connectivity index (χ0n) is 17.1. The summed E-state index contributed by atoms with van der Waals surface area (Å²) in [6, 6.07) is 15.9. The maximum atomic E-state index is 12.2. The van der Waals surface area contributed by atoms with E-state index in [1.807, 2.05) is 24.3 Å². The molecule has 2 amide bonds. The van der Waals surface area contributed by atoms with Crippen LogP contribution in [-0.4, -0.2) is 43.0 Å². The molecule has 1 fully saturated rings. The molecule has 1 aliphatic rings. The van der Waals surface area contributed by atoms with E-state index in [9.17, 15) is 9.59 Å². The van der Waals surface area contributed by atoms with Crippen molar-refractivity contribution in [2.45, 2.75) is 32.0 Å². The molecule has 152 valence electrons. The van der Waals surface area contributed by atoms with E-state index in [4.69, 9.17) is 4.74 Å². The van der Waals surface area contributed by atoms with Gasteiger partial charge in [-0.05, 0) is 41.3 Å². The molecular weight excluding hydrogens is 364 g/mol. The molecule has 1 heterocycles. The summed E-state index contributed by atoms with van der Waals surface area (Å²) in [5, 5.41) is 2.66. The van der Waals surface area contributed by atoms with Gasteiger partial charge in [0.05, 0.1) is 12.7 Å². The predicted molar refractivity (Wildman–Crippen MR) is 114 cm³/mol. The second kappa shape index (κ2) is 9.52. The number of aryl methyl sites for hydroxylation is 1. The van der Waals surface area contributed by atoms with Gasteiger partial charge in [0.2, 0.25) is 5.91 Å². The number of nitrogens with one attached hydrogen (secondary N) is 1. The van der Waals surface area contributed by atoms with Crippen LogP contribution in [0.15, 0.2) is 61.2 Å². The largest absolute Gasteiger partial charge is 0.371 e. The first-order valence-corrected chi connectivity index (χ1v) is 9.98. The maximum absolute atomic E-state index is 12.2. The molecule has 3 rings (SSSR count).